The zero-order chi connectivity index (χ0) is 12.1. The van der Waals surface area contributed by atoms with Gasteiger partial charge < -0.3 is 15.5 Å². The highest BCUT2D eigenvalue weighted by atomic mass is 16.3. The van der Waals surface area contributed by atoms with E-state index in [0.717, 1.165) is 11.3 Å². The van der Waals surface area contributed by atoms with E-state index in [1.165, 1.54) is 0 Å². The predicted octanol–water partition coefficient (Wildman–Crippen LogP) is 1.89. The largest absolute Gasteiger partial charge is 0.508 e. The molecule has 3 N–H and O–H groups in total. The van der Waals surface area contributed by atoms with Gasteiger partial charge >= 0.3 is 0 Å². The first-order valence-corrected chi connectivity index (χ1v) is 5.35. The van der Waals surface area contributed by atoms with E-state index in [9.17, 15) is 5.11 Å². The van der Waals surface area contributed by atoms with Gasteiger partial charge in [0.1, 0.15) is 5.75 Å². The van der Waals surface area contributed by atoms with Crippen molar-refractivity contribution in [2.24, 2.45) is 0 Å². The summed E-state index contributed by atoms with van der Waals surface area (Å²) < 4.78 is 0. The third-order valence-electron chi connectivity index (χ3n) is 2.50. The summed E-state index contributed by atoms with van der Waals surface area (Å²) in [6, 6.07) is 8.94. The molecule has 1 aromatic carbocycles. The van der Waals surface area contributed by atoms with Gasteiger partial charge in [0.2, 0.25) is 0 Å². The second-order valence-electron chi connectivity index (χ2n) is 3.71. The lowest BCUT2D eigenvalue weighted by molar-refractivity contribution is 0.275. The predicted molar refractivity (Wildman–Crippen MR) is 65.6 cm³/mol. The second-order valence-corrected chi connectivity index (χ2v) is 3.71. The minimum atomic E-state index is -0.170. The fourth-order valence-corrected chi connectivity index (χ4v) is 1.53. The van der Waals surface area contributed by atoms with Gasteiger partial charge in [-0.3, -0.25) is 4.98 Å². The summed E-state index contributed by atoms with van der Waals surface area (Å²) in [4.78, 5) is 3.95. The Balaban J connectivity index is 2.04. The number of aromatic nitrogens is 1. The summed E-state index contributed by atoms with van der Waals surface area (Å²) in [5.41, 5.74) is 2.51. The fourth-order valence-electron chi connectivity index (χ4n) is 1.53. The van der Waals surface area contributed by atoms with E-state index < -0.39 is 0 Å². The molecule has 0 fully saturated rings. The van der Waals surface area contributed by atoms with Crippen molar-refractivity contribution in [3.8, 4) is 5.75 Å². The third kappa shape index (κ3) is 2.95. The Labute approximate surface area is 99.6 Å². The van der Waals surface area contributed by atoms with E-state index in [1.807, 2.05) is 12.1 Å². The summed E-state index contributed by atoms with van der Waals surface area (Å²) in [7, 11) is 0. The normalized spacial score (nSPS) is 10.2. The van der Waals surface area contributed by atoms with Crippen LogP contribution in [0, 0.1) is 0 Å². The molecule has 0 radical (unpaired) electrons. The number of nitrogens with zero attached hydrogens (tertiary/aromatic N) is 1. The van der Waals surface area contributed by atoms with Crippen LogP contribution >= 0.6 is 0 Å². The Bertz CT molecular complexity index is 486. The van der Waals surface area contributed by atoms with E-state index in [-0.39, 0.29) is 12.4 Å². The van der Waals surface area contributed by atoms with Gasteiger partial charge in [0.05, 0.1) is 6.61 Å². The molecule has 2 aromatic rings. The third-order valence-corrected chi connectivity index (χ3v) is 2.50. The Morgan fingerprint density at radius 1 is 1.12 bits per heavy atom. The molecule has 0 saturated heterocycles. The molecule has 4 heteroatoms. The molecule has 0 unspecified atom stereocenters. The number of nitrogens with one attached hydrogen (secondary N) is 1. The van der Waals surface area contributed by atoms with Crippen molar-refractivity contribution in [3.63, 3.8) is 0 Å². The fraction of sp³-hybridized carbons (Fsp3) is 0.154. The number of aliphatic hydroxyl groups is 1. The number of hydrogen-bond donors (Lipinski definition) is 3. The van der Waals surface area contributed by atoms with Gasteiger partial charge in [-0.1, -0.05) is 0 Å². The maximum Gasteiger partial charge on any atom is 0.121 e. The van der Waals surface area contributed by atoms with E-state index in [2.05, 4.69) is 10.3 Å². The summed E-state index contributed by atoms with van der Waals surface area (Å²) in [5.74, 6) is 0.113. The number of rotatable bonds is 4. The lowest BCUT2D eigenvalue weighted by Gasteiger charge is -2.08. The molecule has 1 aromatic heterocycles. The Kier molecular flexibility index (Phi) is 3.57. The number of anilines is 1. The summed E-state index contributed by atoms with van der Waals surface area (Å²) in [6.45, 7) is 0.509. The quantitative estimate of drug-likeness (QED) is 0.702. The zero-order valence-electron chi connectivity index (χ0n) is 9.30. The molecule has 0 atom stereocenters. The van der Waals surface area contributed by atoms with Gasteiger partial charge in [0.25, 0.3) is 0 Å². The first-order chi connectivity index (χ1) is 8.29. The highest BCUT2D eigenvalue weighted by Gasteiger charge is 2.01. The number of benzene rings is 1. The van der Waals surface area contributed by atoms with E-state index in [1.54, 1.807) is 30.6 Å². The Morgan fingerprint density at radius 2 is 1.88 bits per heavy atom. The molecule has 0 saturated carbocycles. The number of aromatic hydroxyl groups is 1. The van der Waals surface area contributed by atoms with Gasteiger partial charge in [-0.25, -0.2) is 0 Å². The van der Waals surface area contributed by atoms with Gasteiger partial charge in [-0.15, -0.1) is 0 Å². The first-order valence-electron chi connectivity index (χ1n) is 5.35. The minimum absolute atomic E-state index is 0.113. The number of aliphatic hydroxyl groups excluding tert-OH is 1. The summed E-state index contributed by atoms with van der Waals surface area (Å²) >= 11 is 0. The zero-order valence-corrected chi connectivity index (χ0v) is 9.30. The van der Waals surface area contributed by atoms with E-state index in [4.69, 9.17) is 5.11 Å². The number of hydrogen-bond acceptors (Lipinski definition) is 4. The molecule has 0 spiro atoms. The van der Waals surface area contributed by atoms with E-state index >= 15 is 0 Å². The average molecular weight is 230 g/mol. The summed E-state index contributed by atoms with van der Waals surface area (Å²) in [5, 5.41) is 21.7. The topological polar surface area (TPSA) is 65.4 Å². The van der Waals surface area contributed by atoms with Gasteiger partial charge in [-0.2, -0.15) is 0 Å². The second kappa shape index (κ2) is 5.32. The van der Waals surface area contributed by atoms with Crippen LogP contribution in [-0.4, -0.2) is 15.2 Å². The van der Waals surface area contributed by atoms with Crippen molar-refractivity contribution in [1.29, 1.82) is 0 Å². The molecular formula is C13H14N2O2. The van der Waals surface area contributed by atoms with Gasteiger partial charge in [-0.05, 0) is 35.9 Å². The van der Waals surface area contributed by atoms with Crippen LogP contribution in [0.2, 0.25) is 0 Å². The number of pyridine rings is 1. The highest BCUT2D eigenvalue weighted by molar-refractivity contribution is 5.50. The lowest BCUT2D eigenvalue weighted by atomic mass is 10.2. The molecule has 88 valence electrons. The smallest absolute Gasteiger partial charge is 0.121 e. The molecule has 1 heterocycles. The first kappa shape index (κ1) is 11.4. The van der Waals surface area contributed by atoms with Crippen LogP contribution in [0.1, 0.15) is 11.1 Å². The molecule has 17 heavy (non-hydrogen) atoms. The molecular weight excluding hydrogens is 216 g/mol. The van der Waals surface area contributed by atoms with E-state index in [0.29, 0.717) is 12.1 Å². The van der Waals surface area contributed by atoms with Crippen molar-refractivity contribution in [3.05, 3.63) is 53.9 Å². The average Bonchev–Trinajstić information content (AvgIpc) is 2.39. The lowest BCUT2D eigenvalue weighted by Crippen LogP contribution is -2.00. The molecule has 0 aliphatic rings. The summed E-state index contributed by atoms with van der Waals surface area (Å²) in [6.07, 6.45) is 3.49. The van der Waals surface area contributed by atoms with Crippen molar-refractivity contribution in [1.82, 2.24) is 4.98 Å². The van der Waals surface area contributed by atoms with Crippen molar-refractivity contribution < 1.29 is 10.2 Å². The van der Waals surface area contributed by atoms with Crippen molar-refractivity contribution in [2.45, 2.75) is 13.2 Å². The standard InChI is InChI=1S/C13H14N2O2/c16-9-11-7-12(1-2-13(11)17)15-8-10-3-5-14-6-4-10/h1-7,15-17H,8-9H2. The highest BCUT2D eigenvalue weighted by Crippen LogP contribution is 2.21. The maximum absolute atomic E-state index is 9.42. The van der Waals surface area contributed by atoms with Gasteiger partial charge in [0.15, 0.2) is 0 Å². The molecule has 0 aliphatic heterocycles. The molecule has 0 aliphatic carbocycles. The molecule has 4 nitrogen and oxygen atoms in total. The van der Waals surface area contributed by atoms with Gasteiger partial charge in [0, 0.05) is 30.2 Å². The van der Waals surface area contributed by atoms with Crippen LogP contribution in [0.25, 0.3) is 0 Å². The molecule has 0 bridgehead atoms. The van der Waals surface area contributed by atoms with Crippen LogP contribution < -0.4 is 5.32 Å². The van der Waals surface area contributed by atoms with Crippen molar-refractivity contribution >= 4 is 5.69 Å². The van der Waals surface area contributed by atoms with Crippen molar-refractivity contribution in [2.75, 3.05) is 5.32 Å². The molecule has 2 rings (SSSR count). The van der Waals surface area contributed by atoms with Crippen LogP contribution in [-0.2, 0) is 13.2 Å². The Morgan fingerprint density at radius 3 is 2.59 bits per heavy atom. The minimum Gasteiger partial charge on any atom is -0.508 e. The van der Waals surface area contributed by atoms with Crippen LogP contribution in [0.15, 0.2) is 42.7 Å². The maximum atomic E-state index is 9.42. The monoisotopic (exact) mass is 230 g/mol. The Hall–Kier alpha value is -2.07. The van der Waals surface area contributed by atoms with Crippen LogP contribution in [0.3, 0.4) is 0 Å². The molecule has 0 amide bonds. The number of phenols is 1. The van der Waals surface area contributed by atoms with Crippen LogP contribution in [0.4, 0.5) is 5.69 Å². The SMILES string of the molecule is OCc1cc(NCc2ccncc2)ccc1O. The van der Waals surface area contributed by atoms with Crippen LogP contribution in [0.5, 0.6) is 5.75 Å².